The molecule has 0 saturated heterocycles. The average molecular weight is 264 g/mol. The number of hydrogen-bond donors (Lipinski definition) is 1. The average Bonchev–Trinajstić information content (AvgIpc) is 2.37. The van der Waals surface area contributed by atoms with Crippen molar-refractivity contribution >= 4 is 17.7 Å². The van der Waals surface area contributed by atoms with Crippen molar-refractivity contribution in [3.05, 3.63) is 23.9 Å². The second-order valence-corrected chi connectivity index (χ2v) is 4.95. The lowest BCUT2D eigenvalue weighted by molar-refractivity contribution is -0.118. The fraction of sp³-hybridized carbons (Fsp3) is 0.500. The lowest BCUT2D eigenvalue weighted by atomic mass is 10.1. The van der Waals surface area contributed by atoms with Crippen molar-refractivity contribution in [1.29, 1.82) is 0 Å². The van der Waals surface area contributed by atoms with Gasteiger partial charge >= 0.3 is 5.97 Å². The van der Waals surface area contributed by atoms with E-state index in [9.17, 15) is 9.59 Å². The Morgan fingerprint density at radius 3 is 2.68 bits per heavy atom. The third-order valence-corrected chi connectivity index (χ3v) is 2.88. The quantitative estimate of drug-likeness (QED) is 0.857. The van der Waals surface area contributed by atoms with E-state index in [4.69, 9.17) is 5.11 Å². The Kier molecular flexibility index (Phi) is 5.48. The zero-order chi connectivity index (χ0) is 14.4. The number of aromatic nitrogens is 1. The number of carboxylic acids is 1. The fourth-order valence-corrected chi connectivity index (χ4v) is 1.69. The van der Waals surface area contributed by atoms with E-state index in [1.807, 2.05) is 0 Å². The van der Waals surface area contributed by atoms with Gasteiger partial charge in [0.05, 0.1) is 5.56 Å². The van der Waals surface area contributed by atoms with Gasteiger partial charge in [0.2, 0.25) is 5.91 Å². The molecule has 0 atom stereocenters. The number of anilines is 1. The van der Waals surface area contributed by atoms with Crippen molar-refractivity contribution in [2.24, 2.45) is 5.92 Å². The van der Waals surface area contributed by atoms with Crippen LogP contribution in [0.4, 0.5) is 5.82 Å². The second kappa shape index (κ2) is 6.87. The van der Waals surface area contributed by atoms with E-state index in [-0.39, 0.29) is 11.5 Å². The highest BCUT2D eigenvalue weighted by Crippen LogP contribution is 2.14. The number of carbonyl (C=O) groups is 2. The van der Waals surface area contributed by atoms with Gasteiger partial charge < -0.3 is 5.11 Å². The summed E-state index contributed by atoms with van der Waals surface area (Å²) in [4.78, 5) is 28.2. The molecule has 104 valence electrons. The maximum Gasteiger partial charge on any atom is 0.335 e. The summed E-state index contributed by atoms with van der Waals surface area (Å²) in [7, 11) is 1.62. The minimum Gasteiger partial charge on any atom is -0.478 e. The Bertz CT molecular complexity index is 458. The first kappa shape index (κ1) is 15.1. The Morgan fingerprint density at radius 2 is 2.11 bits per heavy atom. The normalized spacial score (nSPS) is 10.5. The van der Waals surface area contributed by atoms with Crippen LogP contribution in [-0.4, -0.2) is 29.0 Å². The number of aromatic carboxylic acids is 1. The number of pyridine rings is 1. The minimum absolute atomic E-state index is 0.0457. The summed E-state index contributed by atoms with van der Waals surface area (Å²) in [6.45, 7) is 4.23. The van der Waals surface area contributed by atoms with Crippen LogP contribution >= 0.6 is 0 Å². The molecule has 0 aliphatic carbocycles. The molecule has 0 aromatic carbocycles. The van der Waals surface area contributed by atoms with Gasteiger partial charge in [-0.05, 0) is 24.5 Å². The number of carboxylic acid groups (broad SMARTS) is 1. The van der Waals surface area contributed by atoms with Gasteiger partial charge in [-0.2, -0.15) is 0 Å². The number of rotatable bonds is 6. The number of amides is 1. The van der Waals surface area contributed by atoms with E-state index < -0.39 is 5.97 Å². The van der Waals surface area contributed by atoms with E-state index >= 15 is 0 Å². The van der Waals surface area contributed by atoms with Gasteiger partial charge in [0, 0.05) is 19.7 Å². The van der Waals surface area contributed by atoms with Crippen LogP contribution in [0.25, 0.3) is 0 Å². The molecule has 0 unspecified atom stereocenters. The third-order valence-electron chi connectivity index (χ3n) is 2.88. The SMILES string of the molecule is CC(C)CCCC(=O)N(C)c1cc(C(=O)O)ccn1. The molecule has 0 radical (unpaired) electrons. The molecule has 1 heterocycles. The van der Waals surface area contributed by atoms with Crippen LogP contribution in [0.15, 0.2) is 18.3 Å². The lowest BCUT2D eigenvalue weighted by Crippen LogP contribution is -2.27. The molecule has 1 aromatic rings. The van der Waals surface area contributed by atoms with Crippen molar-refractivity contribution in [3.63, 3.8) is 0 Å². The summed E-state index contributed by atoms with van der Waals surface area (Å²) in [5.41, 5.74) is 0.131. The lowest BCUT2D eigenvalue weighted by Gasteiger charge is -2.16. The molecule has 0 aliphatic heterocycles. The highest BCUT2D eigenvalue weighted by Gasteiger charge is 2.14. The van der Waals surface area contributed by atoms with Gasteiger partial charge in [-0.25, -0.2) is 9.78 Å². The molecular weight excluding hydrogens is 244 g/mol. The molecular formula is C14H20N2O3. The predicted molar refractivity (Wildman–Crippen MR) is 73.3 cm³/mol. The van der Waals surface area contributed by atoms with Gasteiger partial charge in [0.15, 0.2) is 0 Å². The maximum absolute atomic E-state index is 11.9. The van der Waals surface area contributed by atoms with Gasteiger partial charge in [0.25, 0.3) is 0 Å². The highest BCUT2D eigenvalue weighted by molar-refractivity contribution is 5.94. The van der Waals surface area contributed by atoms with Crippen molar-refractivity contribution in [2.45, 2.75) is 33.1 Å². The van der Waals surface area contributed by atoms with Crippen molar-refractivity contribution in [3.8, 4) is 0 Å². The van der Waals surface area contributed by atoms with E-state index in [1.54, 1.807) is 7.05 Å². The van der Waals surface area contributed by atoms with Crippen LogP contribution in [0.3, 0.4) is 0 Å². The van der Waals surface area contributed by atoms with Gasteiger partial charge in [-0.1, -0.05) is 20.3 Å². The van der Waals surface area contributed by atoms with E-state index in [2.05, 4.69) is 18.8 Å². The van der Waals surface area contributed by atoms with Gasteiger partial charge in [-0.15, -0.1) is 0 Å². The number of nitrogens with zero attached hydrogens (tertiary/aromatic N) is 2. The molecule has 1 N–H and O–H groups in total. The molecule has 19 heavy (non-hydrogen) atoms. The zero-order valence-electron chi connectivity index (χ0n) is 11.6. The number of carbonyl (C=O) groups excluding carboxylic acids is 1. The summed E-state index contributed by atoms with van der Waals surface area (Å²) in [5.74, 6) is -0.124. The standard InChI is InChI=1S/C14H20N2O3/c1-10(2)5-4-6-13(17)16(3)12-9-11(14(18)19)7-8-15-12/h7-10H,4-6H2,1-3H3,(H,18,19). The van der Waals surface area contributed by atoms with Crippen LogP contribution in [0.1, 0.15) is 43.5 Å². The van der Waals surface area contributed by atoms with Gasteiger partial charge in [0.1, 0.15) is 5.82 Å². The Hall–Kier alpha value is -1.91. The monoisotopic (exact) mass is 264 g/mol. The first-order valence-corrected chi connectivity index (χ1v) is 6.37. The summed E-state index contributed by atoms with van der Waals surface area (Å²) < 4.78 is 0. The first-order chi connectivity index (χ1) is 8.91. The fourth-order valence-electron chi connectivity index (χ4n) is 1.69. The van der Waals surface area contributed by atoms with Crippen molar-refractivity contribution in [2.75, 3.05) is 11.9 Å². The zero-order valence-corrected chi connectivity index (χ0v) is 11.6. The molecule has 5 nitrogen and oxygen atoms in total. The molecule has 0 aliphatic rings. The van der Waals surface area contributed by atoms with Crippen molar-refractivity contribution in [1.82, 2.24) is 4.98 Å². The first-order valence-electron chi connectivity index (χ1n) is 6.37. The second-order valence-electron chi connectivity index (χ2n) is 4.95. The summed E-state index contributed by atoms with van der Waals surface area (Å²) in [6, 6.07) is 2.81. The Labute approximate surface area is 113 Å². The van der Waals surface area contributed by atoms with E-state index in [0.29, 0.717) is 18.2 Å². The molecule has 1 amide bonds. The molecule has 1 rings (SSSR count). The van der Waals surface area contributed by atoms with Crippen molar-refractivity contribution < 1.29 is 14.7 Å². The van der Waals surface area contributed by atoms with E-state index in [0.717, 1.165) is 12.8 Å². The highest BCUT2D eigenvalue weighted by atomic mass is 16.4. The minimum atomic E-state index is -1.02. The van der Waals surface area contributed by atoms with Crippen LogP contribution in [-0.2, 0) is 4.79 Å². The van der Waals surface area contributed by atoms with Crippen LogP contribution in [0.5, 0.6) is 0 Å². The molecule has 0 spiro atoms. The maximum atomic E-state index is 11.9. The van der Waals surface area contributed by atoms with Crippen LogP contribution in [0, 0.1) is 5.92 Å². The van der Waals surface area contributed by atoms with Gasteiger partial charge in [-0.3, -0.25) is 9.69 Å². The third kappa shape index (κ3) is 4.69. The van der Waals surface area contributed by atoms with Crippen LogP contribution < -0.4 is 4.90 Å². The largest absolute Gasteiger partial charge is 0.478 e. The predicted octanol–water partition coefficient (Wildman–Crippen LogP) is 2.57. The Balaban J connectivity index is 2.66. The molecule has 5 heteroatoms. The smallest absolute Gasteiger partial charge is 0.335 e. The Morgan fingerprint density at radius 1 is 1.42 bits per heavy atom. The summed E-state index contributed by atoms with van der Waals surface area (Å²) >= 11 is 0. The topological polar surface area (TPSA) is 70.5 Å². The molecule has 1 aromatic heterocycles. The number of hydrogen-bond acceptors (Lipinski definition) is 3. The van der Waals surface area contributed by atoms with Crippen LogP contribution in [0.2, 0.25) is 0 Å². The summed E-state index contributed by atoms with van der Waals surface area (Å²) in [5, 5.41) is 8.90. The molecule has 0 saturated carbocycles. The molecule has 0 bridgehead atoms. The molecule has 0 fully saturated rings. The van der Waals surface area contributed by atoms with E-state index in [1.165, 1.54) is 23.2 Å². The summed E-state index contributed by atoms with van der Waals surface area (Å²) in [6.07, 6.45) is 3.69.